The Hall–Kier alpha value is -3.89. The van der Waals surface area contributed by atoms with Gasteiger partial charge in [-0.05, 0) is 12.1 Å². The van der Waals surface area contributed by atoms with Crippen molar-refractivity contribution in [2.45, 2.75) is 6.54 Å². The molecule has 27 heavy (non-hydrogen) atoms. The molecule has 3 N–H and O–H groups in total. The zero-order valence-corrected chi connectivity index (χ0v) is 14.5. The molecule has 3 aromatic heterocycles. The number of rotatable bonds is 6. The summed E-state index contributed by atoms with van der Waals surface area (Å²) in [5, 5.41) is 22.1. The van der Waals surface area contributed by atoms with Gasteiger partial charge >= 0.3 is 5.97 Å². The number of nitrogens with one attached hydrogen (secondary N) is 2. The van der Waals surface area contributed by atoms with Crippen LogP contribution in [0.2, 0.25) is 0 Å². The predicted molar refractivity (Wildman–Crippen MR) is 91.2 cm³/mol. The van der Waals surface area contributed by atoms with E-state index in [-0.39, 0.29) is 29.2 Å². The van der Waals surface area contributed by atoms with Gasteiger partial charge in [-0.2, -0.15) is 10.2 Å². The molecule has 0 spiro atoms. The summed E-state index contributed by atoms with van der Waals surface area (Å²) in [6.45, 7) is 0.162. The van der Waals surface area contributed by atoms with Crippen LogP contribution in [0, 0.1) is 0 Å². The Labute approximate surface area is 152 Å². The molecule has 3 rings (SSSR count). The minimum Gasteiger partial charge on any atom is -0.478 e. The van der Waals surface area contributed by atoms with E-state index in [0.29, 0.717) is 5.76 Å². The average Bonchev–Trinajstić information content (AvgIpc) is 3.33. The number of furan rings is 1. The fourth-order valence-electron chi connectivity index (χ4n) is 2.51. The van der Waals surface area contributed by atoms with Crippen LogP contribution in [0.3, 0.4) is 0 Å². The Balaban J connectivity index is 1.80. The van der Waals surface area contributed by atoms with Crippen LogP contribution in [-0.2, 0) is 20.6 Å². The number of aromatic carboxylic acids is 1. The third-order valence-electron chi connectivity index (χ3n) is 3.79. The Morgan fingerprint density at radius 1 is 1.11 bits per heavy atom. The molecule has 11 heteroatoms. The monoisotopic (exact) mass is 372 g/mol. The molecule has 140 valence electrons. The number of amides is 2. The summed E-state index contributed by atoms with van der Waals surface area (Å²) in [6.07, 6.45) is 3.87. The lowest BCUT2D eigenvalue weighted by atomic mass is 10.2. The van der Waals surface area contributed by atoms with Gasteiger partial charge in [-0.1, -0.05) is 0 Å². The normalized spacial score (nSPS) is 10.6. The maximum absolute atomic E-state index is 12.5. The molecule has 0 atom stereocenters. The van der Waals surface area contributed by atoms with E-state index in [0.717, 1.165) is 10.9 Å². The third kappa shape index (κ3) is 3.56. The molecule has 2 amide bonds. The smallest absolute Gasteiger partial charge is 0.339 e. The van der Waals surface area contributed by atoms with Gasteiger partial charge in [-0.3, -0.25) is 19.0 Å². The van der Waals surface area contributed by atoms with E-state index >= 15 is 0 Å². The number of carbonyl (C=O) groups excluding carboxylic acids is 2. The highest BCUT2D eigenvalue weighted by molar-refractivity contribution is 6.11. The Morgan fingerprint density at radius 2 is 1.81 bits per heavy atom. The van der Waals surface area contributed by atoms with Crippen molar-refractivity contribution in [3.8, 4) is 0 Å². The SMILES string of the molecule is Cn1ncc(NC(=O)c2c(C(=O)O)cnn2C)c1C(=O)NCc1ccco1. The summed E-state index contributed by atoms with van der Waals surface area (Å²) < 4.78 is 7.60. The van der Waals surface area contributed by atoms with Gasteiger partial charge in [-0.15, -0.1) is 0 Å². The van der Waals surface area contributed by atoms with Gasteiger partial charge in [0.25, 0.3) is 11.8 Å². The summed E-state index contributed by atoms with van der Waals surface area (Å²) in [5.74, 6) is -1.92. The van der Waals surface area contributed by atoms with E-state index in [1.54, 1.807) is 19.2 Å². The van der Waals surface area contributed by atoms with Crippen molar-refractivity contribution in [3.05, 3.63) is 53.5 Å². The molecule has 0 aliphatic carbocycles. The van der Waals surface area contributed by atoms with Gasteiger partial charge in [0.15, 0.2) is 0 Å². The summed E-state index contributed by atoms with van der Waals surface area (Å²) in [5.41, 5.74) is -0.151. The number of carboxylic acid groups (broad SMARTS) is 1. The van der Waals surface area contributed by atoms with Crippen molar-refractivity contribution in [2.24, 2.45) is 14.1 Å². The predicted octanol–water partition coefficient (Wildman–Crippen LogP) is 0.627. The molecular weight excluding hydrogens is 356 g/mol. The van der Waals surface area contributed by atoms with Crippen molar-refractivity contribution in [3.63, 3.8) is 0 Å². The number of carbonyl (C=O) groups is 3. The van der Waals surface area contributed by atoms with Crippen LogP contribution in [-0.4, -0.2) is 42.5 Å². The largest absolute Gasteiger partial charge is 0.478 e. The summed E-state index contributed by atoms with van der Waals surface area (Å²) in [6, 6.07) is 3.41. The van der Waals surface area contributed by atoms with Gasteiger partial charge in [0.1, 0.15) is 22.7 Å². The summed E-state index contributed by atoms with van der Waals surface area (Å²) in [4.78, 5) is 36.3. The van der Waals surface area contributed by atoms with Crippen molar-refractivity contribution in [2.75, 3.05) is 5.32 Å². The minimum absolute atomic E-state index is 0.106. The van der Waals surface area contributed by atoms with E-state index in [2.05, 4.69) is 20.8 Å². The van der Waals surface area contributed by atoms with Crippen LogP contribution in [0.1, 0.15) is 37.1 Å². The van der Waals surface area contributed by atoms with Crippen molar-refractivity contribution in [1.82, 2.24) is 24.9 Å². The van der Waals surface area contributed by atoms with Crippen LogP contribution in [0.25, 0.3) is 0 Å². The van der Waals surface area contributed by atoms with Crippen LogP contribution >= 0.6 is 0 Å². The van der Waals surface area contributed by atoms with Crippen LogP contribution < -0.4 is 10.6 Å². The second kappa shape index (κ2) is 7.15. The van der Waals surface area contributed by atoms with Gasteiger partial charge in [-0.25, -0.2) is 4.79 Å². The molecule has 3 aromatic rings. The standard InChI is InChI=1S/C16H16N6O5/c1-21-12(10(7-18-21)16(25)26)15(24)20-11-8-19-22(2)13(11)14(23)17-6-9-4-3-5-27-9/h3-5,7-8H,6H2,1-2H3,(H,17,23)(H,20,24)(H,25,26). The molecule has 0 aromatic carbocycles. The molecular formula is C16H16N6O5. The maximum Gasteiger partial charge on any atom is 0.339 e. The molecule has 0 saturated heterocycles. The first-order valence-corrected chi connectivity index (χ1v) is 7.77. The summed E-state index contributed by atoms with van der Waals surface area (Å²) >= 11 is 0. The maximum atomic E-state index is 12.5. The lowest BCUT2D eigenvalue weighted by molar-refractivity contribution is 0.0691. The fraction of sp³-hybridized carbons (Fsp3) is 0.188. The Kier molecular flexibility index (Phi) is 4.75. The first-order valence-electron chi connectivity index (χ1n) is 7.77. The van der Waals surface area contributed by atoms with E-state index in [1.165, 1.54) is 24.2 Å². The first-order chi connectivity index (χ1) is 12.9. The van der Waals surface area contributed by atoms with Crippen molar-refractivity contribution >= 4 is 23.5 Å². The number of aryl methyl sites for hydroxylation is 2. The van der Waals surface area contributed by atoms with Crippen molar-refractivity contribution < 1.29 is 23.9 Å². The van der Waals surface area contributed by atoms with E-state index in [4.69, 9.17) is 4.42 Å². The number of nitrogens with zero attached hydrogens (tertiary/aromatic N) is 4. The number of hydrogen-bond acceptors (Lipinski definition) is 6. The second-order valence-corrected chi connectivity index (χ2v) is 5.58. The first kappa shape index (κ1) is 17.9. The molecule has 0 aliphatic rings. The molecule has 0 fully saturated rings. The van der Waals surface area contributed by atoms with Crippen LogP contribution in [0.4, 0.5) is 5.69 Å². The minimum atomic E-state index is -1.28. The number of carboxylic acids is 1. The van der Waals surface area contributed by atoms with Crippen molar-refractivity contribution in [1.29, 1.82) is 0 Å². The lowest BCUT2D eigenvalue weighted by Gasteiger charge is -2.09. The number of aromatic nitrogens is 4. The van der Waals surface area contributed by atoms with Gasteiger partial charge in [0, 0.05) is 14.1 Å². The van der Waals surface area contributed by atoms with Crippen LogP contribution in [0.5, 0.6) is 0 Å². The van der Waals surface area contributed by atoms with Crippen LogP contribution in [0.15, 0.2) is 35.2 Å². The quantitative estimate of drug-likeness (QED) is 0.575. The highest BCUT2D eigenvalue weighted by atomic mass is 16.4. The third-order valence-corrected chi connectivity index (χ3v) is 3.79. The van der Waals surface area contributed by atoms with Gasteiger partial charge in [0.2, 0.25) is 0 Å². The molecule has 0 bridgehead atoms. The van der Waals surface area contributed by atoms with E-state index in [1.807, 2.05) is 0 Å². The highest BCUT2D eigenvalue weighted by Crippen LogP contribution is 2.17. The Morgan fingerprint density at radius 3 is 2.48 bits per heavy atom. The topological polar surface area (TPSA) is 144 Å². The molecule has 0 radical (unpaired) electrons. The summed E-state index contributed by atoms with van der Waals surface area (Å²) in [7, 11) is 2.99. The molecule has 11 nitrogen and oxygen atoms in total. The molecule has 0 aliphatic heterocycles. The zero-order chi connectivity index (χ0) is 19.6. The number of anilines is 1. The molecule has 3 heterocycles. The fourth-order valence-corrected chi connectivity index (χ4v) is 2.51. The average molecular weight is 372 g/mol. The van der Waals surface area contributed by atoms with E-state index in [9.17, 15) is 19.5 Å². The van der Waals surface area contributed by atoms with Gasteiger partial charge in [0.05, 0.1) is 30.9 Å². The Bertz CT molecular complexity index is 1000. The van der Waals surface area contributed by atoms with E-state index < -0.39 is 17.8 Å². The molecule has 0 unspecified atom stereocenters. The van der Waals surface area contributed by atoms with Gasteiger partial charge < -0.3 is 20.2 Å². The number of hydrogen-bond donors (Lipinski definition) is 3. The highest BCUT2D eigenvalue weighted by Gasteiger charge is 2.25. The second-order valence-electron chi connectivity index (χ2n) is 5.58. The zero-order valence-electron chi connectivity index (χ0n) is 14.5. The molecule has 0 saturated carbocycles. The lowest BCUT2D eigenvalue weighted by Crippen LogP contribution is -2.27.